The molecule has 2 aromatic rings. The molecule has 0 aliphatic heterocycles. The van der Waals surface area contributed by atoms with Crippen LogP contribution in [0.1, 0.15) is 101 Å². The second-order valence-corrected chi connectivity index (χ2v) is 10.7. The summed E-state index contributed by atoms with van der Waals surface area (Å²) in [4.78, 5) is 0. The van der Waals surface area contributed by atoms with E-state index in [0.717, 1.165) is 37.0 Å². The Labute approximate surface area is 210 Å². The maximum absolute atomic E-state index is 5.77. The molecule has 34 heavy (non-hydrogen) atoms. The van der Waals surface area contributed by atoms with Crippen molar-refractivity contribution >= 4 is 0 Å². The number of allylic oxidation sites excluding steroid dienone is 2. The summed E-state index contributed by atoms with van der Waals surface area (Å²) >= 11 is 0. The first kappa shape index (κ1) is 26.7. The molecule has 1 fully saturated rings. The smallest absolute Gasteiger partial charge is 0.0821 e. The Morgan fingerprint density at radius 2 is 1.41 bits per heavy atom. The van der Waals surface area contributed by atoms with Gasteiger partial charge < -0.3 is 4.74 Å². The van der Waals surface area contributed by atoms with Gasteiger partial charge in [-0.3, -0.25) is 0 Å². The lowest BCUT2D eigenvalue weighted by Crippen LogP contribution is -2.16. The molecule has 0 spiro atoms. The third-order valence-electron chi connectivity index (χ3n) is 8.11. The first-order valence-corrected chi connectivity index (χ1v) is 13.9. The molecule has 1 nitrogen and oxygen atoms in total. The highest BCUT2D eigenvalue weighted by molar-refractivity contribution is 5.23. The standard InChI is InChI=1S/C33H48O/c1-4-5-7-10-28-16-18-30(19-17-28)24-25-31-22-20-29(21-23-31)15-13-27(2)14-26-33(34-3)32-11-8-6-9-12-32/h4-6,8-9,11-12,16-19,27,29,31,33H,7,10,13-15,20-26H2,1-3H3. The lowest BCUT2D eigenvalue weighted by atomic mass is 9.77. The van der Waals surface area contributed by atoms with E-state index >= 15 is 0 Å². The van der Waals surface area contributed by atoms with Gasteiger partial charge in [-0.1, -0.05) is 112 Å². The van der Waals surface area contributed by atoms with Crippen molar-refractivity contribution in [3.63, 3.8) is 0 Å². The molecule has 1 aliphatic carbocycles. The summed E-state index contributed by atoms with van der Waals surface area (Å²) in [7, 11) is 1.85. The minimum Gasteiger partial charge on any atom is -0.377 e. The van der Waals surface area contributed by atoms with Gasteiger partial charge in [0.05, 0.1) is 6.10 Å². The van der Waals surface area contributed by atoms with Crippen molar-refractivity contribution in [1.82, 2.24) is 0 Å². The van der Waals surface area contributed by atoms with E-state index in [1.165, 1.54) is 74.5 Å². The molecule has 2 atom stereocenters. The maximum Gasteiger partial charge on any atom is 0.0821 e. The number of rotatable bonds is 14. The summed E-state index contributed by atoms with van der Waals surface area (Å²) < 4.78 is 5.77. The number of benzene rings is 2. The molecule has 186 valence electrons. The molecule has 0 amide bonds. The van der Waals surface area contributed by atoms with Gasteiger partial charge in [0.15, 0.2) is 0 Å². The third kappa shape index (κ3) is 9.41. The Morgan fingerprint density at radius 1 is 0.794 bits per heavy atom. The van der Waals surface area contributed by atoms with E-state index in [-0.39, 0.29) is 6.10 Å². The van der Waals surface area contributed by atoms with Crippen molar-refractivity contribution in [3.8, 4) is 0 Å². The van der Waals surface area contributed by atoms with Gasteiger partial charge in [-0.25, -0.2) is 0 Å². The van der Waals surface area contributed by atoms with Crippen LogP contribution in [0.2, 0.25) is 0 Å². The fraction of sp³-hybridized carbons (Fsp3) is 0.576. The van der Waals surface area contributed by atoms with Crippen LogP contribution in [0.15, 0.2) is 66.7 Å². The number of ether oxygens (including phenoxy) is 1. The minimum atomic E-state index is 0.244. The third-order valence-corrected chi connectivity index (χ3v) is 8.11. The second-order valence-electron chi connectivity index (χ2n) is 10.7. The molecule has 3 rings (SSSR count). The van der Waals surface area contributed by atoms with Crippen LogP contribution < -0.4 is 0 Å². The van der Waals surface area contributed by atoms with E-state index in [2.05, 4.69) is 80.6 Å². The van der Waals surface area contributed by atoms with Crippen LogP contribution in [0.4, 0.5) is 0 Å². The summed E-state index contributed by atoms with van der Waals surface area (Å²) in [5.74, 6) is 2.69. The highest BCUT2D eigenvalue weighted by Crippen LogP contribution is 2.35. The lowest BCUT2D eigenvalue weighted by Gasteiger charge is -2.29. The zero-order valence-corrected chi connectivity index (χ0v) is 22.1. The van der Waals surface area contributed by atoms with Crippen LogP contribution in [0.3, 0.4) is 0 Å². The Balaban J connectivity index is 1.28. The number of hydrogen-bond acceptors (Lipinski definition) is 1. The molecular weight excluding hydrogens is 412 g/mol. The molecule has 1 heteroatoms. The van der Waals surface area contributed by atoms with Crippen LogP contribution in [0, 0.1) is 17.8 Å². The monoisotopic (exact) mass is 460 g/mol. The highest BCUT2D eigenvalue weighted by atomic mass is 16.5. The van der Waals surface area contributed by atoms with E-state index in [1.54, 1.807) is 0 Å². The molecule has 0 aromatic heterocycles. The minimum absolute atomic E-state index is 0.244. The summed E-state index contributed by atoms with van der Waals surface area (Å²) in [6.45, 7) is 4.54. The van der Waals surface area contributed by atoms with Crippen molar-refractivity contribution in [2.75, 3.05) is 7.11 Å². The van der Waals surface area contributed by atoms with Crippen LogP contribution in [0.25, 0.3) is 0 Å². The SMILES string of the molecule is CC=CCCc1ccc(CCC2CCC(CCC(C)CCC(OC)c3ccccc3)CC2)cc1. The maximum atomic E-state index is 5.77. The molecule has 0 saturated heterocycles. The molecule has 2 unspecified atom stereocenters. The van der Waals surface area contributed by atoms with Gasteiger partial charge in [0.2, 0.25) is 0 Å². The Morgan fingerprint density at radius 3 is 2.03 bits per heavy atom. The average molecular weight is 461 g/mol. The van der Waals surface area contributed by atoms with Crippen molar-refractivity contribution < 1.29 is 4.74 Å². The van der Waals surface area contributed by atoms with Gasteiger partial charge in [0.1, 0.15) is 0 Å². The van der Waals surface area contributed by atoms with Gasteiger partial charge in [-0.15, -0.1) is 0 Å². The number of methoxy groups -OCH3 is 1. The summed E-state index contributed by atoms with van der Waals surface area (Å²) in [5, 5.41) is 0. The Kier molecular flexibility index (Phi) is 12.0. The molecule has 0 radical (unpaired) electrons. The van der Waals surface area contributed by atoms with Crippen LogP contribution >= 0.6 is 0 Å². The molecule has 2 aromatic carbocycles. The Hall–Kier alpha value is -1.86. The first-order valence-electron chi connectivity index (χ1n) is 13.9. The number of hydrogen-bond donors (Lipinski definition) is 0. The average Bonchev–Trinajstić information content (AvgIpc) is 2.89. The van der Waals surface area contributed by atoms with E-state index in [0.29, 0.717) is 0 Å². The highest BCUT2D eigenvalue weighted by Gasteiger charge is 2.22. The van der Waals surface area contributed by atoms with E-state index in [9.17, 15) is 0 Å². The lowest BCUT2D eigenvalue weighted by molar-refractivity contribution is 0.0889. The first-order chi connectivity index (χ1) is 16.7. The molecule has 1 aliphatic rings. The van der Waals surface area contributed by atoms with E-state index in [1.807, 2.05) is 7.11 Å². The summed E-state index contributed by atoms with van der Waals surface area (Å²) in [6, 6.07) is 20.1. The predicted molar refractivity (Wildman–Crippen MR) is 147 cm³/mol. The quantitative estimate of drug-likeness (QED) is 0.255. The van der Waals surface area contributed by atoms with Gasteiger partial charge in [0.25, 0.3) is 0 Å². The van der Waals surface area contributed by atoms with E-state index in [4.69, 9.17) is 4.74 Å². The Bertz CT molecular complexity index is 798. The van der Waals surface area contributed by atoms with Crippen molar-refractivity contribution in [3.05, 3.63) is 83.4 Å². The zero-order chi connectivity index (χ0) is 24.0. The second kappa shape index (κ2) is 15.2. The zero-order valence-electron chi connectivity index (χ0n) is 22.1. The molecule has 0 N–H and O–H groups in total. The fourth-order valence-electron chi connectivity index (χ4n) is 5.66. The van der Waals surface area contributed by atoms with Crippen molar-refractivity contribution in [2.24, 2.45) is 17.8 Å². The normalized spacial score (nSPS) is 20.4. The summed E-state index contributed by atoms with van der Waals surface area (Å²) in [5.41, 5.74) is 4.31. The van der Waals surface area contributed by atoms with Crippen molar-refractivity contribution in [2.45, 2.75) is 97.0 Å². The topological polar surface area (TPSA) is 9.23 Å². The molecular formula is C33H48O. The van der Waals surface area contributed by atoms with Gasteiger partial charge >= 0.3 is 0 Å². The largest absolute Gasteiger partial charge is 0.377 e. The van der Waals surface area contributed by atoms with Gasteiger partial charge in [0, 0.05) is 7.11 Å². The van der Waals surface area contributed by atoms with Gasteiger partial charge in [-0.05, 0) is 79.9 Å². The summed E-state index contributed by atoms with van der Waals surface area (Å²) in [6.07, 6.45) is 20.6. The van der Waals surface area contributed by atoms with Gasteiger partial charge in [-0.2, -0.15) is 0 Å². The predicted octanol–water partition coefficient (Wildman–Crippen LogP) is 9.52. The molecule has 0 heterocycles. The molecule has 0 bridgehead atoms. The number of aryl methyl sites for hydroxylation is 2. The van der Waals surface area contributed by atoms with Crippen LogP contribution in [-0.4, -0.2) is 7.11 Å². The van der Waals surface area contributed by atoms with Crippen LogP contribution in [0.5, 0.6) is 0 Å². The molecule has 1 saturated carbocycles. The van der Waals surface area contributed by atoms with Crippen LogP contribution in [-0.2, 0) is 17.6 Å². The van der Waals surface area contributed by atoms with Crippen molar-refractivity contribution in [1.29, 1.82) is 0 Å². The van der Waals surface area contributed by atoms with E-state index < -0.39 is 0 Å². The fourth-order valence-corrected chi connectivity index (χ4v) is 5.66.